The lowest BCUT2D eigenvalue weighted by Gasteiger charge is -2.39. The fourth-order valence-electron chi connectivity index (χ4n) is 3.44. The Morgan fingerprint density at radius 2 is 2.10 bits per heavy atom. The largest absolute Gasteiger partial charge is 0.508 e. The van der Waals surface area contributed by atoms with E-state index in [1.54, 1.807) is 19.2 Å². The van der Waals surface area contributed by atoms with Gasteiger partial charge in [-0.15, -0.1) is 0 Å². The zero-order valence-electron chi connectivity index (χ0n) is 13.2. The summed E-state index contributed by atoms with van der Waals surface area (Å²) in [4.78, 5) is 2.45. The first-order valence-electron chi connectivity index (χ1n) is 7.99. The molecule has 0 radical (unpaired) electrons. The molecule has 3 N–H and O–H groups in total. The second kappa shape index (κ2) is 7.66. The molecular weight excluding hydrogens is 264 g/mol. The highest BCUT2D eigenvalue weighted by Crippen LogP contribution is 2.31. The summed E-state index contributed by atoms with van der Waals surface area (Å²) in [5.74, 6) is 1.71. The van der Waals surface area contributed by atoms with Crippen molar-refractivity contribution in [3.8, 4) is 11.5 Å². The molecule has 4 heteroatoms. The molecule has 0 aromatic heterocycles. The molecule has 1 aliphatic rings. The van der Waals surface area contributed by atoms with Crippen LogP contribution in [-0.2, 0) is 6.54 Å². The topological polar surface area (TPSA) is 58.7 Å². The minimum atomic E-state index is 0.342. The highest BCUT2D eigenvalue weighted by molar-refractivity contribution is 5.39. The molecular formula is C17H28N2O2. The van der Waals surface area contributed by atoms with Crippen LogP contribution in [0.5, 0.6) is 11.5 Å². The zero-order chi connectivity index (χ0) is 15.2. The summed E-state index contributed by atoms with van der Waals surface area (Å²) in [6.45, 7) is 4.66. The van der Waals surface area contributed by atoms with Gasteiger partial charge in [-0.2, -0.15) is 0 Å². The van der Waals surface area contributed by atoms with Crippen molar-refractivity contribution in [3.05, 3.63) is 23.8 Å². The van der Waals surface area contributed by atoms with Crippen LogP contribution in [0.2, 0.25) is 0 Å². The van der Waals surface area contributed by atoms with E-state index in [1.807, 2.05) is 6.07 Å². The van der Waals surface area contributed by atoms with Crippen molar-refractivity contribution in [1.82, 2.24) is 4.90 Å². The number of nitrogens with zero attached hydrogens (tertiary/aromatic N) is 1. The van der Waals surface area contributed by atoms with Gasteiger partial charge in [0, 0.05) is 18.2 Å². The molecule has 0 heterocycles. The van der Waals surface area contributed by atoms with Crippen molar-refractivity contribution >= 4 is 0 Å². The lowest BCUT2D eigenvalue weighted by molar-refractivity contribution is 0.105. The molecule has 1 fully saturated rings. The van der Waals surface area contributed by atoms with Gasteiger partial charge < -0.3 is 15.6 Å². The van der Waals surface area contributed by atoms with Crippen molar-refractivity contribution < 1.29 is 9.84 Å². The van der Waals surface area contributed by atoms with Crippen molar-refractivity contribution in [2.75, 3.05) is 20.2 Å². The fourth-order valence-corrected chi connectivity index (χ4v) is 3.44. The molecule has 0 saturated heterocycles. The summed E-state index contributed by atoms with van der Waals surface area (Å²) >= 11 is 0. The second-order valence-electron chi connectivity index (χ2n) is 5.91. The van der Waals surface area contributed by atoms with E-state index in [4.69, 9.17) is 10.5 Å². The number of nitrogens with two attached hydrogens (primary N) is 1. The molecule has 0 amide bonds. The fraction of sp³-hybridized carbons (Fsp3) is 0.647. The highest BCUT2D eigenvalue weighted by atomic mass is 16.5. The maximum absolute atomic E-state index is 10.1. The average molecular weight is 292 g/mol. The summed E-state index contributed by atoms with van der Waals surface area (Å²) in [6, 6.07) is 5.96. The Morgan fingerprint density at radius 3 is 2.76 bits per heavy atom. The number of methoxy groups -OCH3 is 1. The number of rotatable bonds is 6. The molecule has 0 aliphatic heterocycles. The van der Waals surface area contributed by atoms with E-state index >= 15 is 0 Å². The summed E-state index contributed by atoms with van der Waals surface area (Å²) in [5, 5.41) is 10.1. The van der Waals surface area contributed by atoms with E-state index in [0.29, 0.717) is 17.7 Å². The molecule has 2 unspecified atom stereocenters. The molecule has 1 aromatic rings. The van der Waals surface area contributed by atoms with Crippen LogP contribution in [0.3, 0.4) is 0 Å². The molecule has 2 atom stereocenters. The molecule has 1 aliphatic carbocycles. The molecule has 0 bridgehead atoms. The van der Waals surface area contributed by atoms with Gasteiger partial charge in [-0.25, -0.2) is 0 Å². The number of ether oxygens (including phenoxy) is 1. The summed E-state index contributed by atoms with van der Waals surface area (Å²) in [7, 11) is 1.65. The summed E-state index contributed by atoms with van der Waals surface area (Å²) in [6.07, 6.45) is 5.00. The van der Waals surface area contributed by atoms with Gasteiger partial charge in [-0.05, 0) is 50.0 Å². The Balaban J connectivity index is 2.14. The van der Waals surface area contributed by atoms with Crippen LogP contribution in [0.25, 0.3) is 0 Å². The van der Waals surface area contributed by atoms with Crippen molar-refractivity contribution in [2.45, 2.75) is 45.2 Å². The number of benzene rings is 1. The molecule has 1 saturated carbocycles. The average Bonchev–Trinajstić information content (AvgIpc) is 2.54. The third-order valence-corrected chi connectivity index (χ3v) is 4.71. The van der Waals surface area contributed by atoms with E-state index in [9.17, 15) is 5.11 Å². The minimum Gasteiger partial charge on any atom is -0.508 e. The molecule has 21 heavy (non-hydrogen) atoms. The third kappa shape index (κ3) is 3.89. The maximum Gasteiger partial charge on any atom is 0.120 e. The Bertz CT molecular complexity index is 450. The Kier molecular flexibility index (Phi) is 5.88. The summed E-state index contributed by atoms with van der Waals surface area (Å²) in [5.41, 5.74) is 6.89. The lowest BCUT2D eigenvalue weighted by Crippen LogP contribution is -2.44. The first kappa shape index (κ1) is 16.1. The SMILES string of the molecule is CCN(Cc1cc(OC)ccc1O)C1CCCCC1CN. The van der Waals surface area contributed by atoms with Crippen LogP contribution in [0.4, 0.5) is 0 Å². The minimum absolute atomic E-state index is 0.342. The van der Waals surface area contributed by atoms with Gasteiger partial charge in [-0.3, -0.25) is 4.90 Å². The van der Waals surface area contributed by atoms with Gasteiger partial charge in [0.2, 0.25) is 0 Å². The Morgan fingerprint density at radius 1 is 1.33 bits per heavy atom. The van der Waals surface area contributed by atoms with Gasteiger partial charge in [0.05, 0.1) is 7.11 Å². The monoisotopic (exact) mass is 292 g/mol. The molecule has 1 aromatic carbocycles. The predicted molar refractivity (Wildman–Crippen MR) is 85.5 cm³/mol. The number of aromatic hydroxyl groups is 1. The number of phenols is 1. The zero-order valence-corrected chi connectivity index (χ0v) is 13.2. The van der Waals surface area contributed by atoms with Gasteiger partial charge in [0.25, 0.3) is 0 Å². The van der Waals surface area contributed by atoms with Crippen LogP contribution in [-0.4, -0.2) is 36.2 Å². The maximum atomic E-state index is 10.1. The first-order chi connectivity index (χ1) is 10.2. The van der Waals surface area contributed by atoms with Crippen LogP contribution in [0, 0.1) is 5.92 Å². The van der Waals surface area contributed by atoms with E-state index in [1.165, 1.54) is 25.7 Å². The molecule has 118 valence electrons. The normalized spacial score (nSPS) is 22.5. The van der Waals surface area contributed by atoms with Crippen molar-refractivity contribution in [1.29, 1.82) is 0 Å². The lowest BCUT2D eigenvalue weighted by atomic mass is 9.83. The number of phenolic OH excluding ortho intramolecular Hbond substituents is 1. The number of hydrogen-bond donors (Lipinski definition) is 2. The van der Waals surface area contributed by atoms with E-state index in [2.05, 4.69) is 11.8 Å². The van der Waals surface area contributed by atoms with Crippen molar-refractivity contribution in [3.63, 3.8) is 0 Å². The van der Waals surface area contributed by atoms with Gasteiger partial charge >= 0.3 is 0 Å². The van der Waals surface area contributed by atoms with Gasteiger partial charge in [-0.1, -0.05) is 19.8 Å². The second-order valence-corrected chi connectivity index (χ2v) is 5.91. The van der Waals surface area contributed by atoms with Crippen LogP contribution >= 0.6 is 0 Å². The predicted octanol–water partition coefficient (Wildman–Crippen LogP) is 2.74. The summed E-state index contributed by atoms with van der Waals surface area (Å²) < 4.78 is 5.26. The Labute approximate surface area is 127 Å². The van der Waals surface area contributed by atoms with E-state index in [-0.39, 0.29) is 0 Å². The first-order valence-corrected chi connectivity index (χ1v) is 7.99. The van der Waals surface area contributed by atoms with Crippen LogP contribution in [0.15, 0.2) is 18.2 Å². The third-order valence-electron chi connectivity index (χ3n) is 4.71. The van der Waals surface area contributed by atoms with Gasteiger partial charge in [0.1, 0.15) is 11.5 Å². The van der Waals surface area contributed by atoms with Crippen molar-refractivity contribution in [2.24, 2.45) is 11.7 Å². The number of hydrogen-bond acceptors (Lipinski definition) is 4. The Hall–Kier alpha value is -1.26. The highest BCUT2D eigenvalue weighted by Gasteiger charge is 2.28. The van der Waals surface area contributed by atoms with E-state index in [0.717, 1.165) is 30.9 Å². The van der Waals surface area contributed by atoms with E-state index < -0.39 is 0 Å². The standard InChI is InChI=1S/C17H28N2O2/c1-3-19(16-7-5-4-6-13(16)11-18)12-14-10-15(21-2)8-9-17(14)20/h8-10,13,16,20H,3-7,11-12,18H2,1-2H3. The molecule has 4 nitrogen and oxygen atoms in total. The molecule has 0 spiro atoms. The van der Waals surface area contributed by atoms with Crippen LogP contribution < -0.4 is 10.5 Å². The van der Waals surface area contributed by atoms with Crippen LogP contribution in [0.1, 0.15) is 38.2 Å². The smallest absolute Gasteiger partial charge is 0.120 e. The quantitative estimate of drug-likeness (QED) is 0.846. The van der Waals surface area contributed by atoms with Gasteiger partial charge in [0.15, 0.2) is 0 Å². The molecule has 2 rings (SSSR count).